The van der Waals surface area contributed by atoms with E-state index in [4.69, 9.17) is 16.3 Å². The molecule has 0 bridgehead atoms. The molecule has 1 aliphatic heterocycles. The third-order valence-electron chi connectivity index (χ3n) is 4.14. The van der Waals surface area contributed by atoms with E-state index < -0.39 is 0 Å². The van der Waals surface area contributed by atoms with Crippen molar-refractivity contribution in [1.82, 2.24) is 10.2 Å². The maximum atomic E-state index is 6.01. The Morgan fingerprint density at radius 1 is 1.25 bits per heavy atom. The highest BCUT2D eigenvalue weighted by molar-refractivity contribution is 6.30. The summed E-state index contributed by atoms with van der Waals surface area (Å²) in [6.07, 6.45) is 0. The average Bonchev–Trinajstić information content (AvgIpc) is 2.47. The lowest BCUT2D eigenvalue weighted by molar-refractivity contribution is -0.0236. The molecule has 1 atom stereocenters. The zero-order valence-corrected chi connectivity index (χ0v) is 13.4. The Bertz CT molecular complexity index is 413. The molecule has 1 heterocycles. The van der Waals surface area contributed by atoms with Gasteiger partial charge in [0.05, 0.1) is 19.3 Å². The molecule has 0 aliphatic carbocycles. The van der Waals surface area contributed by atoms with Gasteiger partial charge < -0.3 is 10.1 Å². The molecule has 0 radical (unpaired) electrons. The second-order valence-corrected chi connectivity index (χ2v) is 6.23. The molecule has 1 saturated heterocycles. The molecule has 1 aromatic carbocycles. The number of nitrogens with one attached hydrogen (secondary N) is 1. The largest absolute Gasteiger partial charge is 0.379 e. The summed E-state index contributed by atoms with van der Waals surface area (Å²) in [5.74, 6) is 0. The molecule has 3 nitrogen and oxygen atoms in total. The van der Waals surface area contributed by atoms with Gasteiger partial charge in [-0.25, -0.2) is 0 Å². The van der Waals surface area contributed by atoms with Crippen molar-refractivity contribution >= 4 is 11.6 Å². The fourth-order valence-corrected chi connectivity index (χ4v) is 3.08. The Labute approximate surface area is 127 Å². The number of ether oxygens (including phenoxy) is 1. The van der Waals surface area contributed by atoms with Crippen molar-refractivity contribution in [3.63, 3.8) is 0 Å². The second kappa shape index (κ2) is 6.90. The summed E-state index contributed by atoms with van der Waals surface area (Å²) in [6.45, 7) is 11.3. The lowest BCUT2D eigenvalue weighted by atomic mass is 9.86. The summed E-state index contributed by atoms with van der Waals surface area (Å²) in [5, 5.41) is 4.42. The van der Waals surface area contributed by atoms with Gasteiger partial charge in [0.25, 0.3) is 0 Å². The topological polar surface area (TPSA) is 24.5 Å². The minimum atomic E-state index is 0.0353. The zero-order valence-electron chi connectivity index (χ0n) is 12.7. The fourth-order valence-electron chi connectivity index (χ4n) is 2.96. The first-order valence-corrected chi connectivity index (χ1v) is 7.75. The van der Waals surface area contributed by atoms with Crippen molar-refractivity contribution < 1.29 is 4.74 Å². The van der Waals surface area contributed by atoms with Gasteiger partial charge >= 0.3 is 0 Å². The molecule has 1 fully saturated rings. The van der Waals surface area contributed by atoms with E-state index in [1.807, 2.05) is 12.1 Å². The summed E-state index contributed by atoms with van der Waals surface area (Å²) in [6, 6.07) is 8.46. The van der Waals surface area contributed by atoms with Gasteiger partial charge in [0, 0.05) is 23.7 Å². The zero-order chi connectivity index (χ0) is 14.6. The molecule has 0 aromatic heterocycles. The predicted molar refractivity (Wildman–Crippen MR) is 84.3 cm³/mol. The molecule has 112 valence electrons. The molecule has 1 aromatic rings. The Morgan fingerprint density at radius 3 is 2.40 bits per heavy atom. The van der Waals surface area contributed by atoms with Crippen molar-refractivity contribution in [2.75, 3.05) is 32.8 Å². The average molecular weight is 297 g/mol. The van der Waals surface area contributed by atoms with Gasteiger partial charge in [-0.2, -0.15) is 0 Å². The molecule has 0 saturated carbocycles. The van der Waals surface area contributed by atoms with E-state index in [9.17, 15) is 0 Å². The van der Waals surface area contributed by atoms with Crippen molar-refractivity contribution in [2.24, 2.45) is 0 Å². The first-order valence-electron chi connectivity index (χ1n) is 7.37. The van der Waals surface area contributed by atoms with Crippen LogP contribution in [0.4, 0.5) is 0 Å². The van der Waals surface area contributed by atoms with E-state index in [0.29, 0.717) is 0 Å². The molecule has 1 unspecified atom stereocenters. The van der Waals surface area contributed by atoms with Gasteiger partial charge in [-0.05, 0) is 38.1 Å². The van der Waals surface area contributed by atoms with Gasteiger partial charge in [-0.1, -0.05) is 30.7 Å². The van der Waals surface area contributed by atoms with Crippen LogP contribution in [0.5, 0.6) is 0 Å². The molecule has 1 aliphatic rings. The van der Waals surface area contributed by atoms with Gasteiger partial charge in [0.15, 0.2) is 0 Å². The van der Waals surface area contributed by atoms with E-state index in [1.165, 1.54) is 5.56 Å². The van der Waals surface area contributed by atoms with Crippen LogP contribution in [0.2, 0.25) is 5.02 Å². The lowest BCUT2D eigenvalue weighted by Crippen LogP contribution is -2.56. The third-order valence-corrected chi connectivity index (χ3v) is 4.40. The standard InChI is InChI=1S/C16H25ClN2O/c1-4-18-15(13-5-7-14(17)8-6-13)16(2,3)19-9-11-20-12-10-19/h5-8,15,18H,4,9-12H2,1-3H3. The Hall–Kier alpha value is -0.610. The quantitative estimate of drug-likeness (QED) is 0.903. The second-order valence-electron chi connectivity index (χ2n) is 5.80. The van der Waals surface area contributed by atoms with Crippen molar-refractivity contribution in [1.29, 1.82) is 0 Å². The number of nitrogens with zero attached hydrogens (tertiary/aromatic N) is 1. The van der Waals surface area contributed by atoms with E-state index in [-0.39, 0.29) is 11.6 Å². The molecular formula is C16H25ClN2O. The van der Waals surface area contributed by atoms with E-state index in [0.717, 1.165) is 37.9 Å². The van der Waals surface area contributed by atoms with Gasteiger partial charge in [0.2, 0.25) is 0 Å². The SMILES string of the molecule is CCNC(c1ccc(Cl)cc1)C(C)(C)N1CCOCC1. The highest BCUT2D eigenvalue weighted by Gasteiger charge is 2.36. The molecule has 1 N–H and O–H groups in total. The van der Waals surface area contributed by atoms with Crippen LogP contribution >= 0.6 is 11.6 Å². The van der Waals surface area contributed by atoms with Crippen LogP contribution in [0, 0.1) is 0 Å². The number of benzene rings is 1. The van der Waals surface area contributed by atoms with Gasteiger partial charge in [-0.3, -0.25) is 4.90 Å². The smallest absolute Gasteiger partial charge is 0.0594 e. The Morgan fingerprint density at radius 2 is 1.85 bits per heavy atom. The van der Waals surface area contributed by atoms with E-state index >= 15 is 0 Å². The van der Waals surface area contributed by atoms with E-state index in [1.54, 1.807) is 0 Å². The highest BCUT2D eigenvalue weighted by Crippen LogP contribution is 2.32. The Balaban J connectivity index is 2.23. The van der Waals surface area contributed by atoms with Crippen molar-refractivity contribution in [2.45, 2.75) is 32.4 Å². The van der Waals surface area contributed by atoms with Crippen LogP contribution in [0.25, 0.3) is 0 Å². The number of likely N-dealkylation sites (N-methyl/N-ethyl adjacent to an activating group) is 1. The molecular weight excluding hydrogens is 272 g/mol. The molecule has 20 heavy (non-hydrogen) atoms. The first-order chi connectivity index (χ1) is 9.55. The number of halogens is 1. The van der Waals surface area contributed by atoms with E-state index in [2.05, 4.69) is 43.1 Å². The minimum absolute atomic E-state index is 0.0353. The number of hydrogen-bond donors (Lipinski definition) is 1. The van der Waals surface area contributed by atoms with Crippen LogP contribution in [-0.4, -0.2) is 43.3 Å². The summed E-state index contributed by atoms with van der Waals surface area (Å²) < 4.78 is 5.48. The molecule has 0 amide bonds. The first kappa shape index (κ1) is 15.8. The van der Waals surface area contributed by atoms with Gasteiger partial charge in [0.1, 0.15) is 0 Å². The Kier molecular flexibility index (Phi) is 5.44. The third kappa shape index (κ3) is 3.53. The van der Waals surface area contributed by atoms with Crippen LogP contribution in [0.15, 0.2) is 24.3 Å². The fraction of sp³-hybridized carbons (Fsp3) is 0.625. The monoisotopic (exact) mass is 296 g/mol. The molecule has 4 heteroatoms. The summed E-state index contributed by atoms with van der Waals surface area (Å²) in [4.78, 5) is 2.51. The summed E-state index contributed by atoms with van der Waals surface area (Å²) in [5.41, 5.74) is 1.32. The van der Waals surface area contributed by atoms with Crippen molar-refractivity contribution in [3.05, 3.63) is 34.9 Å². The van der Waals surface area contributed by atoms with Crippen molar-refractivity contribution in [3.8, 4) is 0 Å². The highest BCUT2D eigenvalue weighted by atomic mass is 35.5. The number of hydrogen-bond acceptors (Lipinski definition) is 3. The lowest BCUT2D eigenvalue weighted by Gasteiger charge is -2.46. The van der Waals surface area contributed by atoms with Crippen LogP contribution in [0.1, 0.15) is 32.4 Å². The molecule has 0 spiro atoms. The minimum Gasteiger partial charge on any atom is -0.379 e. The number of morpholine rings is 1. The number of rotatable bonds is 5. The predicted octanol–water partition coefficient (Wildman–Crippen LogP) is 3.10. The maximum absolute atomic E-state index is 6.01. The summed E-state index contributed by atoms with van der Waals surface area (Å²) >= 11 is 6.01. The van der Waals surface area contributed by atoms with Crippen LogP contribution in [-0.2, 0) is 4.74 Å². The molecule has 2 rings (SSSR count). The normalized spacial score (nSPS) is 19.0. The maximum Gasteiger partial charge on any atom is 0.0594 e. The van der Waals surface area contributed by atoms with Crippen LogP contribution in [0.3, 0.4) is 0 Å². The van der Waals surface area contributed by atoms with Crippen LogP contribution < -0.4 is 5.32 Å². The summed E-state index contributed by atoms with van der Waals surface area (Å²) in [7, 11) is 0. The van der Waals surface area contributed by atoms with Gasteiger partial charge in [-0.15, -0.1) is 0 Å².